The molecule has 0 unspecified atom stereocenters. The average molecular weight is 554 g/mol. The molecule has 0 radical (unpaired) electrons. The topological polar surface area (TPSA) is 189 Å². The number of H-pyrrole nitrogens is 1. The van der Waals surface area contributed by atoms with E-state index in [0.29, 0.717) is 0 Å². The van der Waals surface area contributed by atoms with Crippen molar-refractivity contribution in [2.45, 2.75) is 57.1 Å². The summed E-state index contributed by atoms with van der Waals surface area (Å²) >= 11 is 0. The molecule has 206 valence electrons. The van der Waals surface area contributed by atoms with Crippen molar-refractivity contribution in [2.75, 3.05) is 18.5 Å². The summed E-state index contributed by atoms with van der Waals surface area (Å²) in [5, 5.41) is 2.68. The molecule has 2 N–H and O–H groups in total. The second kappa shape index (κ2) is 12.1. The molecule has 2 heterocycles. The maximum absolute atomic E-state index is 13.1. The molecule has 1 aromatic carbocycles. The highest BCUT2D eigenvalue weighted by Crippen LogP contribution is 2.31. The van der Waals surface area contributed by atoms with Crippen LogP contribution in [0, 0.1) is 6.92 Å². The molecular weight excluding hydrogens is 526 g/mol. The van der Waals surface area contributed by atoms with Crippen molar-refractivity contribution in [1.29, 1.82) is 0 Å². The molecule has 0 bridgehead atoms. The number of esters is 3. The van der Waals surface area contributed by atoms with E-state index >= 15 is 0 Å². The Hall–Kier alpha value is -3.82. The van der Waals surface area contributed by atoms with Gasteiger partial charge in [-0.1, -0.05) is 17.7 Å². The second-order valence-electron chi connectivity index (χ2n) is 8.13. The molecule has 0 amide bonds. The minimum absolute atomic E-state index is 0.0324. The highest BCUT2D eigenvalue weighted by Gasteiger charge is 2.51. The fourth-order valence-corrected chi connectivity index (χ4v) is 4.63. The van der Waals surface area contributed by atoms with E-state index in [4.69, 9.17) is 23.1 Å². The first-order valence-corrected chi connectivity index (χ1v) is 12.8. The number of hydrogen-bond donors (Lipinski definition) is 2. The lowest BCUT2D eigenvalue weighted by atomic mass is 10.1. The summed E-state index contributed by atoms with van der Waals surface area (Å²) in [7, 11) is -4.42. The van der Waals surface area contributed by atoms with E-state index < -0.39 is 64.9 Å². The first-order valence-electron chi connectivity index (χ1n) is 11.4. The van der Waals surface area contributed by atoms with Gasteiger partial charge in [-0.05, 0) is 26.0 Å². The Morgan fingerprint density at radius 2 is 1.76 bits per heavy atom. The zero-order chi connectivity index (χ0) is 28.0. The van der Waals surface area contributed by atoms with Crippen molar-refractivity contribution >= 4 is 33.8 Å². The molecule has 4 atom stereocenters. The average Bonchev–Trinajstić information content (AvgIpc) is 3.12. The third-order valence-corrected chi connectivity index (χ3v) is 6.52. The maximum Gasteiger partial charge on any atom is 0.346 e. The number of carbonyl (C=O) groups is 3. The van der Waals surface area contributed by atoms with Gasteiger partial charge in [-0.3, -0.25) is 13.8 Å². The summed E-state index contributed by atoms with van der Waals surface area (Å²) in [6.45, 7) is 5.14. The lowest BCUT2D eigenvalue weighted by Gasteiger charge is -2.24. The number of nitrogens with one attached hydrogen (secondary N) is 2. The first kappa shape index (κ1) is 28.7. The van der Waals surface area contributed by atoms with E-state index in [1.165, 1.54) is 12.1 Å². The second-order valence-corrected chi connectivity index (χ2v) is 9.70. The lowest BCUT2D eigenvalue weighted by Crippen LogP contribution is -2.43. The van der Waals surface area contributed by atoms with E-state index in [1.807, 2.05) is 0 Å². The Labute approximate surface area is 217 Å². The molecule has 1 aliphatic heterocycles. The minimum Gasteiger partial charge on any atom is -0.463 e. The minimum atomic E-state index is -4.42. The first-order chi connectivity index (χ1) is 17.9. The molecule has 1 aliphatic rings. The zero-order valence-electron chi connectivity index (χ0n) is 21.0. The van der Waals surface area contributed by atoms with Crippen LogP contribution in [-0.2, 0) is 42.8 Å². The summed E-state index contributed by atoms with van der Waals surface area (Å²) in [5.41, 5.74) is -0.190. The van der Waals surface area contributed by atoms with Crippen LogP contribution >= 0.6 is 0 Å². The molecule has 3 rings (SSSR count). The SMILES string of the molecule is CCOC(=O)c1c[nH]c(=O)nc1N[C@@H]1O[C@H](COC(C)=O)[C@H](OS(=O)(=O)c2ccc(C)cc2)[C@H]1OC(C)=O. The molecular formula is C23H27N3O11S. The molecule has 1 saturated heterocycles. The summed E-state index contributed by atoms with van der Waals surface area (Å²) in [6, 6.07) is 5.82. The number of carbonyl (C=O) groups excluding carboxylic acids is 3. The summed E-state index contributed by atoms with van der Waals surface area (Å²) in [4.78, 5) is 53.5. The standard InChI is InChI=1S/C23H27N3O11S/c1-5-33-22(29)16-10-24-23(30)26-20(16)25-21-19(35-14(4)28)18(17(36-21)11-34-13(3)27)37-38(31,32)15-8-6-12(2)7-9-15/h6-10,17-19,21H,5,11H2,1-4H3,(H2,24,25,26,30)/t17-,18+,19-,21-/m1/s1. The molecule has 2 aromatic rings. The number of aromatic amines is 1. The largest absolute Gasteiger partial charge is 0.463 e. The Bertz CT molecular complexity index is 1340. The highest BCUT2D eigenvalue weighted by molar-refractivity contribution is 7.86. The summed E-state index contributed by atoms with van der Waals surface area (Å²) in [6.07, 6.45) is -4.54. The Morgan fingerprint density at radius 3 is 2.37 bits per heavy atom. The van der Waals surface area contributed by atoms with Gasteiger partial charge >= 0.3 is 23.6 Å². The molecule has 0 spiro atoms. The number of aryl methyl sites for hydroxylation is 1. The summed E-state index contributed by atoms with van der Waals surface area (Å²) in [5.74, 6) is -2.62. The van der Waals surface area contributed by atoms with Gasteiger partial charge in [-0.25, -0.2) is 9.59 Å². The number of nitrogens with zero attached hydrogens (tertiary/aromatic N) is 1. The van der Waals surface area contributed by atoms with Crippen molar-refractivity contribution in [2.24, 2.45) is 0 Å². The predicted octanol–water partition coefficient (Wildman–Crippen LogP) is 0.661. The monoisotopic (exact) mass is 553 g/mol. The van der Waals surface area contributed by atoms with Crippen molar-refractivity contribution < 1.29 is 45.9 Å². The van der Waals surface area contributed by atoms with Crippen LogP contribution in [-0.4, -0.2) is 74.0 Å². The van der Waals surface area contributed by atoms with Crippen LogP contribution < -0.4 is 11.0 Å². The van der Waals surface area contributed by atoms with E-state index in [1.54, 1.807) is 26.0 Å². The molecule has 0 aliphatic carbocycles. The van der Waals surface area contributed by atoms with Crippen LogP contribution in [0.2, 0.25) is 0 Å². The van der Waals surface area contributed by atoms with Gasteiger partial charge in [0, 0.05) is 20.0 Å². The van der Waals surface area contributed by atoms with Gasteiger partial charge in [0.25, 0.3) is 10.1 Å². The van der Waals surface area contributed by atoms with E-state index in [2.05, 4.69) is 15.3 Å². The third kappa shape index (κ3) is 7.14. The summed E-state index contributed by atoms with van der Waals surface area (Å²) < 4.78 is 52.7. The third-order valence-electron chi connectivity index (χ3n) is 5.19. The van der Waals surface area contributed by atoms with E-state index in [9.17, 15) is 27.6 Å². The molecule has 1 aromatic heterocycles. The van der Waals surface area contributed by atoms with Gasteiger partial charge in [-0.2, -0.15) is 13.4 Å². The molecule has 1 fully saturated rings. The molecule has 15 heteroatoms. The number of ether oxygens (including phenoxy) is 4. The van der Waals surface area contributed by atoms with Crippen LogP contribution in [0.5, 0.6) is 0 Å². The molecule has 0 saturated carbocycles. The van der Waals surface area contributed by atoms with Crippen LogP contribution in [0.15, 0.2) is 40.2 Å². The van der Waals surface area contributed by atoms with Gasteiger partial charge in [0.05, 0.1) is 11.5 Å². The van der Waals surface area contributed by atoms with Gasteiger partial charge in [0.2, 0.25) is 0 Å². The van der Waals surface area contributed by atoms with Gasteiger partial charge in [0.15, 0.2) is 12.3 Å². The van der Waals surface area contributed by atoms with Crippen LogP contribution in [0.1, 0.15) is 36.7 Å². The van der Waals surface area contributed by atoms with Crippen LogP contribution in [0.3, 0.4) is 0 Å². The van der Waals surface area contributed by atoms with Crippen molar-refractivity contribution in [1.82, 2.24) is 9.97 Å². The van der Waals surface area contributed by atoms with Gasteiger partial charge in [0.1, 0.15) is 30.2 Å². The number of anilines is 1. The number of hydrogen-bond acceptors (Lipinski definition) is 13. The fourth-order valence-electron chi connectivity index (χ4n) is 3.53. The van der Waals surface area contributed by atoms with Crippen LogP contribution in [0.25, 0.3) is 0 Å². The Balaban J connectivity index is 2.00. The van der Waals surface area contributed by atoms with Crippen molar-refractivity contribution in [3.63, 3.8) is 0 Å². The normalized spacial score (nSPS) is 20.9. The van der Waals surface area contributed by atoms with E-state index in [-0.39, 0.29) is 22.9 Å². The molecule has 14 nitrogen and oxygen atoms in total. The van der Waals surface area contributed by atoms with Crippen molar-refractivity contribution in [3.05, 3.63) is 52.1 Å². The van der Waals surface area contributed by atoms with Gasteiger partial charge < -0.3 is 29.2 Å². The zero-order valence-corrected chi connectivity index (χ0v) is 21.8. The smallest absolute Gasteiger partial charge is 0.346 e. The Morgan fingerprint density at radius 1 is 1.08 bits per heavy atom. The molecule has 38 heavy (non-hydrogen) atoms. The highest BCUT2D eigenvalue weighted by atomic mass is 32.2. The quantitative estimate of drug-likeness (QED) is 0.237. The number of rotatable bonds is 10. The number of benzene rings is 1. The van der Waals surface area contributed by atoms with Crippen molar-refractivity contribution in [3.8, 4) is 0 Å². The Kier molecular flexibility index (Phi) is 9.19. The maximum atomic E-state index is 13.1. The lowest BCUT2D eigenvalue weighted by molar-refractivity contribution is -0.151. The van der Waals surface area contributed by atoms with E-state index in [0.717, 1.165) is 25.6 Å². The number of aromatic nitrogens is 2. The predicted molar refractivity (Wildman–Crippen MR) is 129 cm³/mol. The van der Waals surface area contributed by atoms with Gasteiger partial charge in [-0.15, -0.1) is 0 Å². The fraction of sp³-hybridized carbons (Fsp3) is 0.435. The van der Waals surface area contributed by atoms with Crippen LogP contribution in [0.4, 0.5) is 5.82 Å².